The minimum atomic E-state index is -0.218. The van der Waals surface area contributed by atoms with Crippen LogP contribution < -0.4 is 5.32 Å². The molecule has 4 atom stereocenters. The predicted molar refractivity (Wildman–Crippen MR) is 40.1 cm³/mol. The lowest BCUT2D eigenvalue weighted by atomic mass is 9.75. The van der Waals surface area contributed by atoms with Crippen LogP contribution in [0, 0.1) is 5.92 Å². The van der Waals surface area contributed by atoms with Crippen molar-refractivity contribution in [1.29, 1.82) is 0 Å². The molecule has 0 aromatic carbocycles. The van der Waals surface area contributed by atoms with E-state index in [0.29, 0.717) is 5.92 Å². The van der Waals surface area contributed by atoms with Crippen molar-refractivity contribution in [2.75, 3.05) is 0 Å². The smallest absolute Gasteiger partial charge is 0.137 e. The van der Waals surface area contributed by atoms with Gasteiger partial charge in [-0.05, 0) is 25.2 Å². The largest absolute Gasteiger partial charge is 0.391 e. The molecule has 2 bridgehead atoms. The Morgan fingerprint density at radius 3 is 2.73 bits per heavy atom. The van der Waals surface area contributed by atoms with Crippen LogP contribution >= 0.6 is 0 Å². The molecular formula is C8H13NO2. The molecule has 0 unspecified atom stereocenters. The summed E-state index contributed by atoms with van der Waals surface area (Å²) in [4.78, 5) is 10.5. The molecule has 1 saturated carbocycles. The third-order valence-corrected chi connectivity index (χ3v) is 2.92. The zero-order valence-corrected chi connectivity index (χ0v) is 6.36. The van der Waals surface area contributed by atoms with Crippen LogP contribution in [0.15, 0.2) is 0 Å². The van der Waals surface area contributed by atoms with Crippen molar-refractivity contribution < 1.29 is 9.90 Å². The van der Waals surface area contributed by atoms with Gasteiger partial charge in [-0.3, -0.25) is 0 Å². The average Bonchev–Trinajstić information content (AvgIpc) is 2.05. The SMILES string of the molecule is O=C[C@H]1N[C@H]2CC[C@@H]1C[C@@H]2O. The summed E-state index contributed by atoms with van der Waals surface area (Å²) in [6.07, 6.45) is 3.68. The maximum atomic E-state index is 10.5. The molecule has 0 aromatic heterocycles. The average molecular weight is 155 g/mol. The van der Waals surface area contributed by atoms with Crippen molar-refractivity contribution in [3.05, 3.63) is 0 Å². The van der Waals surface area contributed by atoms with Gasteiger partial charge in [0.25, 0.3) is 0 Å². The van der Waals surface area contributed by atoms with Crippen LogP contribution in [0.2, 0.25) is 0 Å². The Bertz CT molecular complexity index is 171. The molecule has 2 aliphatic heterocycles. The number of rotatable bonds is 1. The number of hydrogen-bond acceptors (Lipinski definition) is 3. The summed E-state index contributed by atoms with van der Waals surface area (Å²) in [5.74, 6) is 0.382. The van der Waals surface area contributed by atoms with Crippen LogP contribution in [0.3, 0.4) is 0 Å². The first kappa shape index (κ1) is 7.25. The van der Waals surface area contributed by atoms with Crippen molar-refractivity contribution in [3.8, 4) is 0 Å². The zero-order chi connectivity index (χ0) is 7.84. The summed E-state index contributed by atoms with van der Waals surface area (Å²) in [5.41, 5.74) is 0. The summed E-state index contributed by atoms with van der Waals surface area (Å²) in [5, 5.41) is 12.6. The monoisotopic (exact) mass is 155 g/mol. The highest BCUT2D eigenvalue weighted by atomic mass is 16.3. The summed E-state index contributed by atoms with van der Waals surface area (Å²) in [6, 6.07) is 0.187. The first-order valence-electron chi connectivity index (χ1n) is 4.20. The van der Waals surface area contributed by atoms with E-state index in [4.69, 9.17) is 0 Å². The Labute approximate surface area is 65.8 Å². The van der Waals surface area contributed by atoms with Crippen molar-refractivity contribution >= 4 is 6.29 Å². The number of piperidine rings is 2. The number of aldehydes is 1. The Kier molecular flexibility index (Phi) is 1.69. The molecule has 3 heteroatoms. The van der Waals surface area contributed by atoms with Crippen molar-refractivity contribution in [2.24, 2.45) is 5.92 Å². The van der Waals surface area contributed by atoms with Crippen molar-refractivity contribution in [2.45, 2.75) is 37.5 Å². The number of nitrogens with one attached hydrogen (secondary N) is 1. The molecule has 1 aliphatic carbocycles. The van der Waals surface area contributed by atoms with Crippen molar-refractivity contribution in [1.82, 2.24) is 5.32 Å². The minimum Gasteiger partial charge on any atom is -0.391 e. The lowest BCUT2D eigenvalue weighted by Gasteiger charge is -2.44. The molecule has 0 radical (unpaired) electrons. The second-order valence-electron chi connectivity index (χ2n) is 3.58. The van der Waals surface area contributed by atoms with Crippen LogP contribution in [-0.2, 0) is 4.79 Å². The van der Waals surface area contributed by atoms with E-state index in [-0.39, 0.29) is 18.2 Å². The van der Waals surface area contributed by atoms with Gasteiger partial charge in [0.2, 0.25) is 0 Å². The molecule has 0 spiro atoms. The molecular weight excluding hydrogens is 142 g/mol. The summed E-state index contributed by atoms with van der Waals surface area (Å²) >= 11 is 0. The fourth-order valence-corrected chi connectivity index (χ4v) is 2.23. The number of hydrogen-bond donors (Lipinski definition) is 2. The fourth-order valence-electron chi connectivity index (χ4n) is 2.23. The molecule has 0 aromatic rings. The number of aliphatic hydroxyl groups is 1. The van der Waals surface area contributed by atoms with Gasteiger partial charge in [-0.15, -0.1) is 0 Å². The van der Waals surface area contributed by atoms with E-state index in [2.05, 4.69) is 5.32 Å². The van der Waals surface area contributed by atoms with E-state index in [1.165, 1.54) is 0 Å². The van der Waals surface area contributed by atoms with E-state index in [9.17, 15) is 9.90 Å². The summed E-state index contributed by atoms with van der Waals surface area (Å²) < 4.78 is 0. The molecule has 11 heavy (non-hydrogen) atoms. The zero-order valence-electron chi connectivity index (χ0n) is 6.36. The van der Waals surface area contributed by atoms with Gasteiger partial charge in [0, 0.05) is 6.04 Å². The number of aliphatic hydroxyl groups excluding tert-OH is 1. The molecule has 62 valence electrons. The highest BCUT2D eigenvalue weighted by Gasteiger charge is 2.40. The maximum absolute atomic E-state index is 10.5. The Balaban J connectivity index is 2.09. The Hall–Kier alpha value is -0.410. The Morgan fingerprint density at radius 1 is 1.45 bits per heavy atom. The lowest BCUT2D eigenvalue weighted by molar-refractivity contribution is -0.114. The number of fused-ring (bicyclic) bond motifs is 3. The van der Waals surface area contributed by atoms with Gasteiger partial charge < -0.3 is 15.2 Å². The molecule has 3 nitrogen and oxygen atoms in total. The van der Waals surface area contributed by atoms with Crippen LogP contribution in [0.4, 0.5) is 0 Å². The molecule has 2 N–H and O–H groups in total. The van der Waals surface area contributed by atoms with E-state index in [1.807, 2.05) is 0 Å². The summed E-state index contributed by atoms with van der Waals surface area (Å²) in [6.45, 7) is 0. The topological polar surface area (TPSA) is 49.3 Å². The van der Waals surface area contributed by atoms with Crippen LogP contribution in [-0.4, -0.2) is 29.6 Å². The number of carbonyl (C=O) groups excluding carboxylic acids is 1. The standard InChI is InChI=1S/C8H13NO2/c10-4-7-5-1-2-6(9-7)8(11)3-5/h4-9,11H,1-3H2/t5-,6+,7-,8+/m1/s1. The molecule has 3 fully saturated rings. The normalized spacial score (nSPS) is 49.2. The molecule has 2 heterocycles. The first-order valence-corrected chi connectivity index (χ1v) is 4.20. The van der Waals surface area contributed by atoms with E-state index >= 15 is 0 Å². The second-order valence-corrected chi connectivity index (χ2v) is 3.58. The van der Waals surface area contributed by atoms with Gasteiger partial charge in [0.05, 0.1) is 12.1 Å². The van der Waals surface area contributed by atoms with Crippen LogP contribution in [0.25, 0.3) is 0 Å². The van der Waals surface area contributed by atoms with Crippen molar-refractivity contribution in [3.63, 3.8) is 0 Å². The molecule has 3 aliphatic rings. The van der Waals surface area contributed by atoms with Gasteiger partial charge in [0.1, 0.15) is 6.29 Å². The van der Waals surface area contributed by atoms with E-state index < -0.39 is 0 Å². The van der Waals surface area contributed by atoms with E-state index in [1.54, 1.807) is 0 Å². The highest BCUT2D eigenvalue weighted by molar-refractivity contribution is 5.59. The third-order valence-electron chi connectivity index (χ3n) is 2.92. The van der Waals surface area contributed by atoms with E-state index in [0.717, 1.165) is 25.5 Å². The van der Waals surface area contributed by atoms with Gasteiger partial charge in [-0.2, -0.15) is 0 Å². The number of carbonyl (C=O) groups is 1. The third kappa shape index (κ3) is 1.08. The van der Waals surface area contributed by atoms with Gasteiger partial charge in [0.15, 0.2) is 0 Å². The Morgan fingerprint density at radius 2 is 2.27 bits per heavy atom. The van der Waals surface area contributed by atoms with Crippen LogP contribution in [0.1, 0.15) is 19.3 Å². The predicted octanol–water partition coefficient (Wildman–Crippen LogP) is -0.313. The lowest BCUT2D eigenvalue weighted by Crippen LogP contribution is -2.59. The highest BCUT2D eigenvalue weighted by Crippen LogP contribution is 2.32. The van der Waals surface area contributed by atoms with Crippen LogP contribution in [0.5, 0.6) is 0 Å². The quantitative estimate of drug-likeness (QED) is 0.510. The molecule has 3 rings (SSSR count). The fraction of sp³-hybridized carbons (Fsp3) is 0.875. The van der Waals surface area contributed by atoms with Gasteiger partial charge in [-0.25, -0.2) is 0 Å². The van der Waals surface area contributed by atoms with Gasteiger partial charge in [-0.1, -0.05) is 0 Å². The summed E-state index contributed by atoms with van der Waals surface area (Å²) in [7, 11) is 0. The maximum Gasteiger partial charge on any atom is 0.137 e. The second kappa shape index (κ2) is 2.57. The molecule has 0 amide bonds. The first-order chi connectivity index (χ1) is 5.31. The minimum absolute atomic E-state index is 0.0112. The molecule has 2 saturated heterocycles. The van der Waals surface area contributed by atoms with Gasteiger partial charge >= 0.3 is 0 Å².